The number of aliphatic hydroxyl groups excluding tert-OH is 1. The van der Waals surface area contributed by atoms with Gasteiger partial charge in [0.05, 0.1) is 13.2 Å². The Morgan fingerprint density at radius 3 is 2.78 bits per heavy atom. The third-order valence-electron chi connectivity index (χ3n) is 5.21. The van der Waals surface area contributed by atoms with Gasteiger partial charge < -0.3 is 9.84 Å². The highest BCUT2D eigenvalue weighted by Crippen LogP contribution is 2.48. The number of methoxy groups -OCH3 is 1. The van der Waals surface area contributed by atoms with E-state index in [1.165, 1.54) is 32.8 Å². The van der Waals surface area contributed by atoms with Gasteiger partial charge in [-0.1, -0.05) is 6.42 Å². The van der Waals surface area contributed by atoms with E-state index in [0.29, 0.717) is 13.0 Å². The maximum atomic E-state index is 11.7. The molecule has 2 bridgehead atoms. The zero-order chi connectivity index (χ0) is 12.7. The lowest BCUT2D eigenvalue weighted by Gasteiger charge is -2.29. The first-order valence-electron chi connectivity index (χ1n) is 7.17. The summed E-state index contributed by atoms with van der Waals surface area (Å²) in [4.78, 5) is 13.9. The number of likely N-dealkylation sites (tertiary alicyclic amines) is 1. The lowest BCUT2D eigenvalue weighted by molar-refractivity contribution is -0.146. The van der Waals surface area contributed by atoms with E-state index < -0.39 is 0 Å². The molecular formula is C14H23NO3. The SMILES string of the molecule is COC(=O)C1CC(O)CN1CC1CC2CCC1C2. The van der Waals surface area contributed by atoms with Gasteiger partial charge in [-0.3, -0.25) is 9.69 Å². The standard InChI is InChI=1S/C14H23NO3/c1-18-14(17)13-6-12(16)8-15(13)7-11-5-9-2-3-10(11)4-9/h9-13,16H,2-8H2,1H3. The average molecular weight is 253 g/mol. The van der Waals surface area contributed by atoms with Crippen molar-refractivity contribution in [2.24, 2.45) is 17.8 Å². The minimum atomic E-state index is -0.368. The van der Waals surface area contributed by atoms with Crippen LogP contribution >= 0.6 is 0 Å². The Labute approximate surface area is 108 Å². The molecule has 5 atom stereocenters. The highest BCUT2D eigenvalue weighted by Gasteiger charge is 2.43. The van der Waals surface area contributed by atoms with E-state index >= 15 is 0 Å². The maximum Gasteiger partial charge on any atom is 0.323 e. The molecule has 0 spiro atoms. The molecule has 3 aliphatic rings. The number of esters is 1. The predicted molar refractivity (Wildman–Crippen MR) is 66.9 cm³/mol. The van der Waals surface area contributed by atoms with Gasteiger partial charge in [-0.2, -0.15) is 0 Å². The molecule has 1 heterocycles. The second kappa shape index (κ2) is 4.82. The molecule has 1 saturated heterocycles. The fourth-order valence-corrected chi connectivity index (χ4v) is 4.36. The van der Waals surface area contributed by atoms with Crippen LogP contribution in [-0.4, -0.2) is 48.3 Å². The van der Waals surface area contributed by atoms with Crippen molar-refractivity contribution in [3.63, 3.8) is 0 Å². The first-order valence-corrected chi connectivity index (χ1v) is 7.17. The normalized spacial score (nSPS) is 43.6. The number of carbonyl (C=O) groups is 1. The Bertz CT molecular complexity index is 333. The lowest BCUT2D eigenvalue weighted by Crippen LogP contribution is -2.40. The molecule has 18 heavy (non-hydrogen) atoms. The van der Waals surface area contributed by atoms with Crippen molar-refractivity contribution in [2.45, 2.75) is 44.2 Å². The molecule has 0 aromatic heterocycles. The molecule has 3 fully saturated rings. The largest absolute Gasteiger partial charge is 0.468 e. The van der Waals surface area contributed by atoms with Gasteiger partial charge in [-0.05, 0) is 37.0 Å². The van der Waals surface area contributed by atoms with Crippen molar-refractivity contribution in [3.05, 3.63) is 0 Å². The Kier molecular flexibility index (Phi) is 3.32. The van der Waals surface area contributed by atoms with Crippen LogP contribution in [0.5, 0.6) is 0 Å². The van der Waals surface area contributed by atoms with Crippen molar-refractivity contribution in [1.29, 1.82) is 0 Å². The molecule has 0 radical (unpaired) electrons. The summed E-state index contributed by atoms with van der Waals surface area (Å²) in [5.41, 5.74) is 0. The topological polar surface area (TPSA) is 49.8 Å². The number of carbonyl (C=O) groups excluding carboxylic acids is 1. The lowest BCUT2D eigenvalue weighted by atomic mass is 9.88. The number of rotatable bonds is 3. The molecule has 3 rings (SSSR count). The van der Waals surface area contributed by atoms with Gasteiger partial charge >= 0.3 is 5.97 Å². The Hall–Kier alpha value is -0.610. The number of hydrogen-bond donors (Lipinski definition) is 1. The first-order chi connectivity index (χ1) is 8.67. The monoisotopic (exact) mass is 253 g/mol. The minimum absolute atomic E-state index is 0.185. The van der Waals surface area contributed by atoms with E-state index in [1.54, 1.807) is 0 Å². The number of fused-ring (bicyclic) bond motifs is 2. The summed E-state index contributed by atoms with van der Waals surface area (Å²) in [5, 5.41) is 9.77. The summed E-state index contributed by atoms with van der Waals surface area (Å²) >= 11 is 0. The van der Waals surface area contributed by atoms with Gasteiger partial charge in [0.1, 0.15) is 6.04 Å². The third-order valence-corrected chi connectivity index (χ3v) is 5.21. The number of hydrogen-bond acceptors (Lipinski definition) is 4. The minimum Gasteiger partial charge on any atom is -0.468 e. The fraction of sp³-hybridized carbons (Fsp3) is 0.929. The van der Waals surface area contributed by atoms with Crippen molar-refractivity contribution >= 4 is 5.97 Å². The summed E-state index contributed by atoms with van der Waals surface area (Å²) in [7, 11) is 1.43. The zero-order valence-corrected chi connectivity index (χ0v) is 11.0. The predicted octanol–water partition coefficient (Wildman–Crippen LogP) is 1.03. The van der Waals surface area contributed by atoms with Crippen molar-refractivity contribution < 1.29 is 14.6 Å². The van der Waals surface area contributed by atoms with Crippen LogP contribution < -0.4 is 0 Å². The number of nitrogens with zero attached hydrogens (tertiary/aromatic N) is 1. The summed E-state index contributed by atoms with van der Waals surface area (Å²) in [6.45, 7) is 1.60. The zero-order valence-electron chi connectivity index (χ0n) is 11.0. The first kappa shape index (κ1) is 12.4. The van der Waals surface area contributed by atoms with E-state index in [-0.39, 0.29) is 18.1 Å². The van der Waals surface area contributed by atoms with E-state index in [2.05, 4.69) is 4.90 Å². The van der Waals surface area contributed by atoms with Crippen LogP contribution in [0.4, 0.5) is 0 Å². The molecule has 4 heteroatoms. The van der Waals surface area contributed by atoms with Gasteiger partial charge in [-0.25, -0.2) is 0 Å². The molecule has 102 valence electrons. The van der Waals surface area contributed by atoms with Crippen molar-refractivity contribution in [3.8, 4) is 0 Å². The van der Waals surface area contributed by atoms with E-state index in [1.807, 2.05) is 0 Å². The molecular weight excluding hydrogens is 230 g/mol. The number of β-amino-alcohol motifs (C(OH)–C–C–N with tert-alkyl or cyclic N) is 1. The van der Waals surface area contributed by atoms with Crippen LogP contribution in [0, 0.1) is 17.8 Å². The van der Waals surface area contributed by atoms with Crippen molar-refractivity contribution in [1.82, 2.24) is 4.90 Å². The van der Waals surface area contributed by atoms with Gasteiger partial charge in [-0.15, -0.1) is 0 Å². The van der Waals surface area contributed by atoms with Crippen LogP contribution in [-0.2, 0) is 9.53 Å². The Morgan fingerprint density at radius 2 is 2.17 bits per heavy atom. The molecule has 0 aromatic rings. The molecule has 2 aliphatic carbocycles. The smallest absolute Gasteiger partial charge is 0.323 e. The molecule has 1 aliphatic heterocycles. The summed E-state index contributed by atoms with van der Waals surface area (Å²) < 4.78 is 4.85. The van der Waals surface area contributed by atoms with Gasteiger partial charge in [0.2, 0.25) is 0 Å². The highest BCUT2D eigenvalue weighted by molar-refractivity contribution is 5.76. The molecule has 0 amide bonds. The summed E-state index contributed by atoms with van der Waals surface area (Å²) in [6.07, 6.45) is 5.66. The second-order valence-corrected chi connectivity index (χ2v) is 6.32. The molecule has 2 saturated carbocycles. The van der Waals surface area contributed by atoms with Crippen LogP contribution in [0.1, 0.15) is 32.1 Å². The summed E-state index contributed by atoms with van der Waals surface area (Å²) in [6, 6.07) is -0.218. The van der Waals surface area contributed by atoms with Crippen LogP contribution in [0.15, 0.2) is 0 Å². The molecule has 0 aromatic carbocycles. The number of aliphatic hydroxyl groups is 1. The highest BCUT2D eigenvalue weighted by atomic mass is 16.5. The fourth-order valence-electron chi connectivity index (χ4n) is 4.36. The van der Waals surface area contributed by atoms with E-state index in [0.717, 1.165) is 24.3 Å². The Balaban J connectivity index is 1.62. The molecule has 4 nitrogen and oxygen atoms in total. The van der Waals surface area contributed by atoms with Crippen LogP contribution in [0.25, 0.3) is 0 Å². The van der Waals surface area contributed by atoms with Gasteiger partial charge in [0, 0.05) is 19.5 Å². The third kappa shape index (κ3) is 2.16. The average Bonchev–Trinajstić information content (AvgIpc) is 3.04. The second-order valence-electron chi connectivity index (χ2n) is 6.32. The van der Waals surface area contributed by atoms with Gasteiger partial charge in [0.15, 0.2) is 0 Å². The summed E-state index contributed by atoms with van der Waals surface area (Å²) in [5.74, 6) is 2.35. The van der Waals surface area contributed by atoms with Gasteiger partial charge in [0.25, 0.3) is 0 Å². The molecule has 5 unspecified atom stereocenters. The quantitative estimate of drug-likeness (QED) is 0.763. The molecule has 1 N–H and O–H groups in total. The maximum absolute atomic E-state index is 11.7. The van der Waals surface area contributed by atoms with Crippen LogP contribution in [0.3, 0.4) is 0 Å². The number of ether oxygens (including phenoxy) is 1. The Morgan fingerprint density at radius 1 is 1.33 bits per heavy atom. The van der Waals surface area contributed by atoms with Crippen molar-refractivity contribution in [2.75, 3.05) is 20.2 Å². The van der Waals surface area contributed by atoms with Crippen LogP contribution in [0.2, 0.25) is 0 Å². The van der Waals surface area contributed by atoms with E-state index in [4.69, 9.17) is 4.74 Å². The van der Waals surface area contributed by atoms with E-state index in [9.17, 15) is 9.90 Å².